The molecule has 2 unspecified atom stereocenters. The number of unbranched alkanes of at least 4 members (excludes halogenated alkanes) is 12. The van der Waals surface area contributed by atoms with Crippen LogP contribution in [0.25, 0.3) is 0 Å². The standard InChI is InChI=1S/C20H43NO8P2.Na/c1-2-3-4-5-6-7-8-9-10-11-12-13-14-16-19(22)21-18-15-17-20(23,30(24,25)26)31(27,28)29;/h23H,2-18H2,1H3,(H,21,22)(H2,24,25,26)(H2,27,28,29);/q;+1/p-1. The van der Waals surface area contributed by atoms with Crippen LogP contribution in [0.15, 0.2) is 0 Å². The van der Waals surface area contributed by atoms with E-state index < -0.39 is 26.7 Å². The van der Waals surface area contributed by atoms with Crippen LogP contribution in [-0.2, 0) is 13.9 Å². The summed E-state index contributed by atoms with van der Waals surface area (Å²) >= 11 is 0. The second-order valence-electron chi connectivity index (χ2n) is 8.28. The normalized spacial score (nSPS) is 15.4. The van der Waals surface area contributed by atoms with E-state index in [2.05, 4.69) is 12.2 Å². The Kier molecular flexibility index (Phi) is 20.7. The van der Waals surface area contributed by atoms with Gasteiger partial charge in [0.05, 0.1) is 0 Å². The van der Waals surface area contributed by atoms with Crippen molar-refractivity contribution in [1.29, 1.82) is 0 Å². The fraction of sp³-hybridized carbons (Fsp3) is 0.950. The Morgan fingerprint density at radius 1 is 0.812 bits per heavy atom. The summed E-state index contributed by atoms with van der Waals surface area (Å²) in [4.78, 5) is 49.9. The number of carbonyl (C=O) groups is 1. The molecule has 0 saturated heterocycles. The van der Waals surface area contributed by atoms with Gasteiger partial charge in [0.25, 0.3) is 0 Å². The summed E-state index contributed by atoms with van der Waals surface area (Å²) in [7, 11) is -11.2. The predicted octanol–water partition coefficient (Wildman–Crippen LogP) is 0.738. The average molecular weight is 509 g/mol. The van der Waals surface area contributed by atoms with Crippen molar-refractivity contribution in [2.45, 2.75) is 115 Å². The van der Waals surface area contributed by atoms with Crippen LogP contribution in [0.4, 0.5) is 0 Å². The molecule has 0 saturated carbocycles. The molecule has 0 rings (SSSR count). The van der Waals surface area contributed by atoms with Gasteiger partial charge in [-0.15, -0.1) is 0 Å². The van der Waals surface area contributed by atoms with Crippen LogP contribution in [0.3, 0.4) is 0 Å². The van der Waals surface area contributed by atoms with Gasteiger partial charge in [0, 0.05) is 13.0 Å². The summed E-state index contributed by atoms with van der Waals surface area (Å²) in [5, 5.41) is 8.68. The summed E-state index contributed by atoms with van der Waals surface area (Å²) in [6.45, 7) is 2.17. The second-order valence-corrected chi connectivity index (χ2v) is 12.2. The fourth-order valence-electron chi connectivity index (χ4n) is 3.40. The number of amides is 1. The fourth-order valence-corrected chi connectivity index (χ4v) is 5.60. The Morgan fingerprint density at radius 2 is 1.22 bits per heavy atom. The van der Waals surface area contributed by atoms with Crippen LogP contribution in [0.2, 0.25) is 0 Å². The molecule has 0 aromatic carbocycles. The first-order valence-corrected chi connectivity index (χ1v) is 14.7. The molecule has 0 aromatic heterocycles. The molecule has 1 amide bonds. The molecule has 0 spiro atoms. The Hall–Kier alpha value is 0.730. The van der Waals surface area contributed by atoms with Crippen molar-refractivity contribution >= 4 is 21.1 Å². The van der Waals surface area contributed by atoms with Crippen LogP contribution >= 0.6 is 15.2 Å². The van der Waals surface area contributed by atoms with Crippen molar-refractivity contribution < 1.29 is 68.2 Å². The first-order valence-electron chi connectivity index (χ1n) is 11.5. The van der Waals surface area contributed by atoms with Gasteiger partial charge in [-0.2, -0.15) is 0 Å². The molecule has 0 fully saturated rings. The zero-order valence-electron chi connectivity index (χ0n) is 19.8. The molecule has 2 atom stereocenters. The average Bonchev–Trinajstić information content (AvgIpc) is 2.66. The maximum Gasteiger partial charge on any atom is 1.00 e. The monoisotopic (exact) mass is 509 g/mol. The summed E-state index contributed by atoms with van der Waals surface area (Å²) < 4.78 is 22.3. The van der Waals surface area contributed by atoms with Crippen LogP contribution in [-0.4, -0.2) is 37.3 Å². The van der Waals surface area contributed by atoms with E-state index in [4.69, 9.17) is 14.7 Å². The van der Waals surface area contributed by atoms with E-state index in [0.717, 1.165) is 25.7 Å². The van der Waals surface area contributed by atoms with Crippen LogP contribution in [0, 0.1) is 0 Å². The largest absolute Gasteiger partial charge is 1.00 e. The predicted molar refractivity (Wildman–Crippen MR) is 119 cm³/mol. The minimum absolute atomic E-state index is 0. The van der Waals surface area contributed by atoms with E-state index in [1.807, 2.05) is 0 Å². The summed E-state index contributed by atoms with van der Waals surface area (Å²) in [6, 6.07) is 0. The minimum Gasteiger partial charge on any atom is -0.776 e. The third kappa shape index (κ3) is 15.6. The van der Waals surface area contributed by atoms with Gasteiger partial charge in [0.2, 0.25) is 11.0 Å². The molecule has 186 valence electrons. The van der Waals surface area contributed by atoms with Crippen molar-refractivity contribution in [3.8, 4) is 0 Å². The Morgan fingerprint density at radius 3 is 1.59 bits per heavy atom. The third-order valence-corrected chi connectivity index (χ3v) is 9.26. The number of carbonyl (C=O) groups excluding carboxylic acids is 1. The van der Waals surface area contributed by atoms with Crippen molar-refractivity contribution in [1.82, 2.24) is 5.32 Å². The Labute approximate surface area is 215 Å². The third-order valence-electron chi connectivity index (χ3n) is 5.44. The molecule has 0 aliphatic carbocycles. The molecule has 0 heterocycles. The Bertz CT molecular complexity index is 560. The first-order chi connectivity index (χ1) is 14.5. The summed E-state index contributed by atoms with van der Waals surface area (Å²) in [6.07, 6.45) is 14.9. The van der Waals surface area contributed by atoms with Crippen molar-refractivity contribution in [3.05, 3.63) is 0 Å². The SMILES string of the molecule is CCCCCCCCCCCCCCCC(=O)NCCCC(O)(P(=O)([O-])O)P(=O)(O)O.[Na+]. The van der Waals surface area contributed by atoms with Crippen molar-refractivity contribution in [2.75, 3.05) is 6.54 Å². The molecule has 0 bridgehead atoms. The number of rotatable bonds is 20. The number of hydrogen-bond donors (Lipinski definition) is 5. The zero-order chi connectivity index (χ0) is 23.8. The van der Waals surface area contributed by atoms with Crippen molar-refractivity contribution in [2.24, 2.45) is 0 Å². The maximum atomic E-state index is 11.8. The van der Waals surface area contributed by atoms with Crippen LogP contribution in [0.1, 0.15) is 110 Å². The van der Waals surface area contributed by atoms with Gasteiger partial charge in [-0.25, -0.2) is 0 Å². The molecule has 5 N–H and O–H groups in total. The van der Waals surface area contributed by atoms with E-state index in [-0.39, 0.29) is 48.4 Å². The molecule has 9 nitrogen and oxygen atoms in total. The maximum absolute atomic E-state index is 11.8. The molecule has 0 aliphatic heterocycles. The number of nitrogens with one attached hydrogen (secondary N) is 1. The van der Waals surface area contributed by atoms with E-state index >= 15 is 0 Å². The van der Waals surface area contributed by atoms with E-state index in [1.165, 1.54) is 57.8 Å². The molecular weight excluding hydrogens is 467 g/mol. The first kappa shape index (κ1) is 34.9. The van der Waals surface area contributed by atoms with Gasteiger partial charge in [0.15, 0.2) is 7.60 Å². The number of aliphatic hydroxyl groups is 1. The van der Waals surface area contributed by atoms with E-state index in [9.17, 15) is 23.9 Å². The van der Waals surface area contributed by atoms with Gasteiger partial charge in [0.1, 0.15) is 0 Å². The molecule has 0 aliphatic rings. The molecule has 12 heteroatoms. The van der Waals surface area contributed by atoms with Gasteiger partial charge in [-0.05, 0) is 19.3 Å². The van der Waals surface area contributed by atoms with Gasteiger partial charge < -0.3 is 34.6 Å². The molecule has 32 heavy (non-hydrogen) atoms. The van der Waals surface area contributed by atoms with Gasteiger partial charge in [-0.1, -0.05) is 84.0 Å². The Balaban J connectivity index is 0. The molecule has 0 aromatic rings. The van der Waals surface area contributed by atoms with Crippen molar-refractivity contribution in [3.63, 3.8) is 0 Å². The van der Waals surface area contributed by atoms with Crippen LogP contribution < -0.4 is 39.8 Å². The second kappa shape index (κ2) is 19.0. The molecule has 0 radical (unpaired) electrons. The zero-order valence-corrected chi connectivity index (χ0v) is 23.6. The van der Waals surface area contributed by atoms with Gasteiger partial charge >= 0.3 is 37.2 Å². The van der Waals surface area contributed by atoms with Gasteiger partial charge in [-0.3, -0.25) is 9.36 Å². The minimum atomic E-state index is -5.69. The van der Waals surface area contributed by atoms with E-state index in [0.29, 0.717) is 6.42 Å². The van der Waals surface area contributed by atoms with E-state index in [1.54, 1.807) is 0 Å². The summed E-state index contributed by atoms with van der Waals surface area (Å²) in [5.74, 6) is -0.239. The smallest absolute Gasteiger partial charge is 0.776 e. The van der Waals surface area contributed by atoms with Crippen LogP contribution in [0.5, 0.6) is 0 Å². The topological polar surface area (TPSA) is 167 Å². The number of hydrogen-bond acceptors (Lipinski definition) is 5. The quantitative estimate of drug-likeness (QED) is 0.0910. The summed E-state index contributed by atoms with van der Waals surface area (Å²) in [5.41, 5.74) is 0. The molecular formula is C20H42NNaO8P2.